The second-order valence-corrected chi connectivity index (χ2v) is 3.96. The molecule has 0 bridgehead atoms. The van der Waals surface area contributed by atoms with Crippen molar-refractivity contribution in [1.29, 1.82) is 0 Å². The Bertz CT molecular complexity index is 382. The molecule has 1 aromatic rings. The molecule has 0 saturated carbocycles. The third-order valence-corrected chi connectivity index (χ3v) is 2.31. The molecule has 0 unspecified atom stereocenters. The minimum Gasteiger partial charge on any atom is -0.313 e. The first kappa shape index (κ1) is 11.9. The van der Waals surface area contributed by atoms with E-state index in [1.165, 1.54) is 4.68 Å². The van der Waals surface area contributed by atoms with E-state index < -0.39 is 0 Å². The standard InChI is InChI=1S/C11H19N3O/c1-5-12-7-9-6-10(8(2)3)13-14(4)11(9)15/h6,8,12H,5,7H2,1-4H3. The van der Waals surface area contributed by atoms with E-state index in [1.54, 1.807) is 7.05 Å². The molecule has 0 saturated heterocycles. The normalized spacial score (nSPS) is 11.0. The summed E-state index contributed by atoms with van der Waals surface area (Å²) in [5.41, 5.74) is 1.74. The van der Waals surface area contributed by atoms with Crippen molar-refractivity contribution in [1.82, 2.24) is 15.1 Å². The van der Waals surface area contributed by atoms with Crippen molar-refractivity contribution in [2.24, 2.45) is 7.05 Å². The smallest absolute Gasteiger partial charge is 0.270 e. The summed E-state index contributed by atoms with van der Waals surface area (Å²) in [5.74, 6) is 0.345. The van der Waals surface area contributed by atoms with Crippen LogP contribution in [0.5, 0.6) is 0 Å². The van der Waals surface area contributed by atoms with Crippen molar-refractivity contribution in [3.8, 4) is 0 Å². The number of nitrogens with one attached hydrogen (secondary N) is 1. The summed E-state index contributed by atoms with van der Waals surface area (Å²) in [4.78, 5) is 11.7. The predicted octanol–water partition coefficient (Wildman–Crippen LogP) is 1.01. The SMILES string of the molecule is CCNCc1cc(C(C)C)nn(C)c1=O. The molecular weight excluding hydrogens is 190 g/mol. The number of rotatable bonds is 4. The van der Waals surface area contributed by atoms with E-state index in [4.69, 9.17) is 0 Å². The Kier molecular flexibility index (Phi) is 4.03. The zero-order chi connectivity index (χ0) is 11.4. The Morgan fingerprint density at radius 3 is 2.73 bits per heavy atom. The van der Waals surface area contributed by atoms with Crippen LogP contribution in [0.3, 0.4) is 0 Å². The van der Waals surface area contributed by atoms with Crippen LogP contribution in [-0.2, 0) is 13.6 Å². The fraction of sp³-hybridized carbons (Fsp3) is 0.636. The Labute approximate surface area is 90.3 Å². The third-order valence-electron chi connectivity index (χ3n) is 2.31. The van der Waals surface area contributed by atoms with Crippen LogP contribution in [0.15, 0.2) is 10.9 Å². The van der Waals surface area contributed by atoms with Crippen molar-refractivity contribution in [3.05, 3.63) is 27.7 Å². The first-order chi connectivity index (χ1) is 7.06. The first-order valence-corrected chi connectivity index (χ1v) is 5.34. The molecule has 0 amide bonds. The number of hydrogen-bond acceptors (Lipinski definition) is 3. The lowest BCUT2D eigenvalue weighted by atomic mass is 10.1. The largest absolute Gasteiger partial charge is 0.313 e. The lowest BCUT2D eigenvalue weighted by Crippen LogP contribution is -2.28. The van der Waals surface area contributed by atoms with E-state index >= 15 is 0 Å². The number of aryl methyl sites for hydroxylation is 1. The summed E-state index contributed by atoms with van der Waals surface area (Å²) < 4.78 is 1.42. The summed E-state index contributed by atoms with van der Waals surface area (Å²) in [5, 5.41) is 7.37. The van der Waals surface area contributed by atoms with Crippen molar-refractivity contribution < 1.29 is 0 Å². The molecule has 0 aliphatic carbocycles. The van der Waals surface area contributed by atoms with Crippen molar-refractivity contribution in [2.45, 2.75) is 33.2 Å². The van der Waals surface area contributed by atoms with E-state index in [2.05, 4.69) is 24.3 Å². The molecule has 84 valence electrons. The molecule has 1 rings (SSSR count). The molecule has 0 spiro atoms. The molecule has 15 heavy (non-hydrogen) atoms. The Morgan fingerprint density at radius 2 is 2.20 bits per heavy atom. The van der Waals surface area contributed by atoms with Crippen LogP contribution in [0.4, 0.5) is 0 Å². The molecule has 0 atom stereocenters. The lowest BCUT2D eigenvalue weighted by molar-refractivity contribution is 0.626. The van der Waals surface area contributed by atoms with Crippen LogP contribution in [-0.4, -0.2) is 16.3 Å². The van der Waals surface area contributed by atoms with Crippen LogP contribution in [0, 0.1) is 0 Å². The highest BCUT2D eigenvalue weighted by Gasteiger charge is 2.08. The first-order valence-electron chi connectivity index (χ1n) is 5.34. The molecule has 1 N–H and O–H groups in total. The van der Waals surface area contributed by atoms with E-state index in [9.17, 15) is 4.79 Å². The zero-order valence-electron chi connectivity index (χ0n) is 9.87. The van der Waals surface area contributed by atoms with Crippen molar-refractivity contribution in [3.63, 3.8) is 0 Å². The molecule has 4 heteroatoms. The molecule has 0 radical (unpaired) electrons. The fourth-order valence-electron chi connectivity index (χ4n) is 1.36. The highest BCUT2D eigenvalue weighted by atomic mass is 16.1. The van der Waals surface area contributed by atoms with Crippen LogP contribution < -0.4 is 10.9 Å². The zero-order valence-corrected chi connectivity index (χ0v) is 9.87. The van der Waals surface area contributed by atoms with Crippen LogP contribution in [0.2, 0.25) is 0 Å². The van der Waals surface area contributed by atoms with Gasteiger partial charge in [0.2, 0.25) is 0 Å². The van der Waals surface area contributed by atoms with E-state index in [1.807, 2.05) is 13.0 Å². The Balaban J connectivity index is 3.08. The summed E-state index contributed by atoms with van der Waals surface area (Å²) in [6.07, 6.45) is 0. The molecule has 4 nitrogen and oxygen atoms in total. The highest BCUT2D eigenvalue weighted by molar-refractivity contribution is 5.15. The summed E-state index contributed by atoms with van der Waals surface area (Å²) >= 11 is 0. The summed E-state index contributed by atoms with van der Waals surface area (Å²) in [6, 6.07) is 1.90. The number of nitrogens with zero attached hydrogens (tertiary/aromatic N) is 2. The summed E-state index contributed by atoms with van der Waals surface area (Å²) in [7, 11) is 1.70. The van der Waals surface area contributed by atoms with Gasteiger partial charge in [-0.15, -0.1) is 0 Å². The average molecular weight is 209 g/mol. The van der Waals surface area contributed by atoms with E-state index in [0.717, 1.165) is 17.8 Å². The van der Waals surface area contributed by atoms with Crippen molar-refractivity contribution >= 4 is 0 Å². The molecule has 0 fully saturated rings. The van der Waals surface area contributed by atoms with Gasteiger partial charge in [0.05, 0.1) is 5.69 Å². The van der Waals surface area contributed by atoms with Gasteiger partial charge in [-0.3, -0.25) is 4.79 Å². The molecular formula is C11H19N3O. The third kappa shape index (κ3) is 2.89. The minimum absolute atomic E-state index is 0.0136. The second kappa shape index (κ2) is 5.07. The molecule has 1 aromatic heterocycles. The second-order valence-electron chi connectivity index (χ2n) is 3.96. The van der Waals surface area contributed by atoms with Gasteiger partial charge in [-0.2, -0.15) is 5.10 Å². The van der Waals surface area contributed by atoms with E-state index in [0.29, 0.717) is 12.5 Å². The van der Waals surface area contributed by atoms with Gasteiger partial charge in [-0.25, -0.2) is 4.68 Å². The van der Waals surface area contributed by atoms with Gasteiger partial charge in [0, 0.05) is 19.2 Å². The van der Waals surface area contributed by atoms with Gasteiger partial charge in [-0.1, -0.05) is 20.8 Å². The maximum absolute atomic E-state index is 11.7. The van der Waals surface area contributed by atoms with Crippen LogP contribution in [0.25, 0.3) is 0 Å². The Morgan fingerprint density at radius 1 is 1.53 bits per heavy atom. The minimum atomic E-state index is -0.0136. The maximum Gasteiger partial charge on any atom is 0.270 e. The predicted molar refractivity (Wildman–Crippen MR) is 60.9 cm³/mol. The fourth-order valence-corrected chi connectivity index (χ4v) is 1.36. The van der Waals surface area contributed by atoms with Gasteiger partial charge in [0.1, 0.15) is 0 Å². The van der Waals surface area contributed by atoms with Gasteiger partial charge >= 0.3 is 0 Å². The highest BCUT2D eigenvalue weighted by Crippen LogP contribution is 2.10. The average Bonchev–Trinajstić information content (AvgIpc) is 2.19. The number of aromatic nitrogens is 2. The molecule has 0 aromatic carbocycles. The number of hydrogen-bond donors (Lipinski definition) is 1. The molecule has 0 aliphatic rings. The van der Waals surface area contributed by atoms with Gasteiger partial charge in [-0.05, 0) is 18.5 Å². The topological polar surface area (TPSA) is 46.9 Å². The van der Waals surface area contributed by atoms with Crippen LogP contribution in [0.1, 0.15) is 37.9 Å². The van der Waals surface area contributed by atoms with Gasteiger partial charge < -0.3 is 5.32 Å². The van der Waals surface area contributed by atoms with Gasteiger partial charge in [0.25, 0.3) is 5.56 Å². The van der Waals surface area contributed by atoms with Crippen molar-refractivity contribution in [2.75, 3.05) is 6.54 Å². The van der Waals surface area contributed by atoms with Crippen LogP contribution >= 0.6 is 0 Å². The quantitative estimate of drug-likeness (QED) is 0.805. The Hall–Kier alpha value is -1.16. The van der Waals surface area contributed by atoms with Gasteiger partial charge in [0.15, 0.2) is 0 Å². The van der Waals surface area contributed by atoms with E-state index in [-0.39, 0.29) is 5.56 Å². The maximum atomic E-state index is 11.7. The lowest BCUT2D eigenvalue weighted by Gasteiger charge is -2.09. The summed E-state index contributed by atoms with van der Waals surface area (Å²) in [6.45, 7) is 7.65. The monoisotopic (exact) mass is 209 g/mol. The molecule has 1 heterocycles. The molecule has 0 aliphatic heterocycles.